The second kappa shape index (κ2) is 4.39. The fraction of sp³-hybridized carbons (Fsp3) is 0.125. The summed E-state index contributed by atoms with van der Waals surface area (Å²) in [5.41, 5.74) is 7.45. The van der Waals surface area contributed by atoms with Crippen LogP contribution >= 0.6 is 23.2 Å². The third kappa shape index (κ3) is 2.43. The van der Waals surface area contributed by atoms with E-state index in [1.807, 2.05) is 0 Å². The van der Waals surface area contributed by atoms with E-state index in [4.69, 9.17) is 28.7 Å². The summed E-state index contributed by atoms with van der Waals surface area (Å²) in [6.45, 7) is 1.36. The number of benzene rings is 1. The van der Waals surface area contributed by atoms with Crippen LogP contribution in [0.25, 0.3) is 0 Å². The molecule has 0 fully saturated rings. The van der Waals surface area contributed by atoms with Crippen LogP contribution < -0.4 is 5.32 Å². The second-order valence-electron chi connectivity index (χ2n) is 2.58. The van der Waals surface area contributed by atoms with Gasteiger partial charge in [-0.15, -0.1) is 0 Å². The Morgan fingerprint density at radius 3 is 2.29 bits per heavy atom. The van der Waals surface area contributed by atoms with E-state index in [1.54, 1.807) is 0 Å². The summed E-state index contributed by atoms with van der Waals surface area (Å²) < 4.78 is 0. The van der Waals surface area contributed by atoms with Crippen molar-refractivity contribution in [2.24, 2.45) is 5.11 Å². The third-order valence-corrected chi connectivity index (χ3v) is 2.05. The Kier molecular flexibility index (Phi) is 3.43. The lowest BCUT2D eigenvalue weighted by Crippen LogP contribution is -2.06. The molecule has 0 unspecified atom stereocenters. The average molecular weight is 232 g/mol. The monoisotopic (exact) mass is 231 g/mol. The van der Waals surface area contributed by atoms with E-state index in [2.05, 4.69) is 10.4 Å². The van der Waals surface area contributed by atoms with Gasteiger partial charge in [0.2, 0.25) is 5.91 Å². The maximum Gasteiger partial charge on any atom is 0.221 e. The van der Waals surface area contributed by atoms with Crippen molar-refractivity contribution in [1.82, 2.24) is 0 Å². The SMILES string of the molecule is CC(=O)Nc1c(Cl)cc(N=N)cc1Cl. The van der Waals surface area contributed by atoms with Gasteiger partial charge in [0.05, 0.1) is 21.4 Å². The van der Waals surface area contributed by atoms with Crippen LogP contribution in [0.4, 0.5) is 11.4 Å². The molecule has 0 aliphatic rings. The molecule has 0 aliphatic carbocycles. The molecule has 14 heavy (non-hydrogen) atoms. The molecule has 74 valence electrons. The van der Waals surface area contributed by atoms with Gasteiger partial charge in [0.15, 0.2) is 0 Å². The van der Waals surface area contributed by atoms with Crippen LogP contribution in [0.2, 0.25) is 10.0 Å². The Morgan fingerprint density at radius 1 is 1.43 bits per heavy atom. The molecule has 1 aromatic rings. The summed E-state index contributed by atoms with van der Waals surface area (Å²) in [4.78, 5) is 10.8. The number of nitrogens with zero attached hydrogens (tertiary/aromatic N) is 1. The molecule has 0 spiro atoms. The van der Waals surface area contributed by atoms with Gasteiger partial charge in [-0.2, -0.15) is 5.11 Å². The van der Waals surface area contributed by atoms with Crippen LogP contribution in [0.5, 0.6) is 0 Å². The van der Waals surface area contributed by atoms with Gasteiger partial charge in [-0.1, -0.05) is 23.2 Å². The summed E-state index contributed by atoms with van der Waals surface area (Å²) in [5, 5.41) is 6.19. The molecule has 4 nitrogen and oxygen atoms in total. The van der Waals surface area contributed by atoms with Crippen molar-refractivity contribution in [1.29, 1.82) is 5.53 Å². The largest absolute Gasteiger partial charge is 0.324 e. The summed E-state index contributed by atoms with van der Waals surface area (Å²) >= 11 is 11.6. The average Bonchev–Trinajstić information content (AvgIpc) is 2.10. The van der Waals surface area contributed by atoms with E-state index in [-0.39, 0.29) is 16.0 Å². The lowest BCUT2D eigenvalue weighted by Gasteiger charge is -2.07. The van der Waals surface area contributed by atoms with Crippen molar-refractivity contribution < 1.29 is 4.79 Å². The molecule has 0 bridgehead atoms. The molecular formula is C8H7Cl2N3O. The number of halogens is 2. The van der Waals surface area contributed by atoms with Gasteiger partial charge in [-0.3, -0.25) is 4.79 Å². The van der Waals surface area contributed by atoms with Crippen LogP contribution in [0.3, 0.4) is 0 Å². The van der Waals surface area contributed by atoms with Crippen LogP contribution in [0, 0.1) is 5.53 Å². The van der Waals surface area contributed by atoms with Crippen LogP contribution in [-0.2, 0) is 4.79 Å². The predicted molar refractivity (Wildman–Crippen MR) is 55.6 cm³/mol. The normalized spacial score (nSPS) is 9.64. The van der Waals surface area contributed by atoms with E-state index >= 15 is 0 Å². The van der Waals surface area contributed by atoms with Gasteiger partial charge in [0.1, 0.15) is 0 Å². The zero-order chi connectivity index (χ0) is 10.7. The fourth-order valence-corrected chi connectivity index (χ4v) is 1.49. The van der Waals surface area contributed by atoms with Crippen molar-refractivity contribution in [2.75, 3.05) is 5.32 Å². The Labute approximate surface area is 90.7 Å². The van der Waals surface area contributed by atoms with Crippen LogP contribution in [0.15, 0.2) is 17.2 Å². The lowest BCUT2D eigenvalue weighted by molar-refractivity contribution is -0.114. The standard InChI is InChI=1S/C8H7Cl2N3O/c1-4(14)12-8-6(9)2-5(13-11)3-7(8)10/h2-3,11H,1H3,(H,12,14). The Bertz CT molecular complexity index is 369. The molecule has 0 saturated carbocycles. The number of hydrogen-bond donors (Lipinski definition) is 2. The molecule has 0 atom stereocenters. The lowest BCUT2D eigenvalue weighted by atomic mass is 10.3. The number of hydrogen-bond acceptors (Lipinski definition) is 3. The number of amides is 1. The predicted octanol–water partition coefficient (Wildman–Crippen LogP) is 3.61. The first-order valence-electron chi connectivity index (χ1n) is 3.68. The summed E-state index contributed by atoms with van der Waals surface area (Å²) in [5.74, 6) is -0.260. The molecule has 1 amide bonds. The van der Waals surface area contributed by atoms with Crippen LogP contribution in [0.1, 0.15) is 6.92 Å². The number of carbonyl (C=O) groups excluding carboxylic acids is 1. The second-order valence-corrected chi connectivity index (χ2v) is 3.39. The van der Waals surface area contributed by atoms with Crippen LogP contribution in [-0.4, -0.2) is 5.91 Å². The molecule has 1 rings (SSSR count). The minimum absolute atomic E-state index is 0.260. The van der Waals surface area contributed by atoms with Gasteiger partial charge in [-0.25, -0.2) is 5.53 Å². The van der Waals surface area contributed by atoms with Crippen molar-refractivity contribution in [3.8, 4) is 0 Å². The highest BCUT2D eigenvalue weighted by atomic mass is 35.5. The van der Waals surface area contributed by atoms with E-state index in [9.17, 15) is 4.79 Å². The van der Waals surface area contributed by atoms with E-state index in [1.165, 1.54) is 19.1 Å². The molecule has 1 aromatic carbocycles. The highest BCUT2D eigenvalue weighted by Gasteiger charge is 2.08. The van der Waals surface area contributed by atoms with Crippen molar-refractivity contribution in [2.45, 2.75) is 6.92 Å². The van der Waals surface area contributed by atoms with Gasteiger partial charge in [0, 0.05) is 6.92 Å². The summed E-state index contributed by atoms with van der Waals surface area (Å²) in [7, 11) is 0. The molecular weight excluding hydrogens is 225 g/mol. The molecule has 0 radical (unpaired) electrons. The first-order valence-corrected chi connectivity index (χ1v) is 4.44. The van der Waals surface area contributed by atoms with Gasteiger partial charge >= 0.3 is 0 Å². The Morgan fingerprint density at radius 2 is 1.93 bits per heavy atom. The summed E-state index contributed by atoms with van der Waals surface area (Å²) in [6.07, 6.45) is 0. The minimum atomic E-state index is -0.260. The van der Waals surface area contributed by atoms with Crippen molar-refractivity contribution in [3.63, 3.8) is 0 Å². The molecule has 2 N–H and O–H groups in total. The molecule has 0 aliphatic heterocycles. The highest BCUT2D eigenvalue weighted by Crippen LogP contribution is 2.34. The molecule has 0 aromatic heterocycles. The number of nitrogens with one attached hydrogen (secondary N) is 2. The molecule has 0 saturated heterocycles. The maximum absolute atomic E-state index is 10.8. The number of rotatable bonds is 2. The zero-order valence-electron chi connectivity index (χ0n) is 7.27. The Balaban J connectivity index is 3.17. The van der Waals surface area contributed by atoms with Crippen molar-refractivity contribution in [3.05, 3.63) is 22.2 Å². The van der Waals surface area contributed by atoms with E-state index < -0.39 is 0 Å². The first-order chi connectivity index (χ1) is 6.54. The quantitative estimate of drug-likeness (QED) is 0.751. The molecule has 0 heterocycles. The maximum atomic E-state index is 10.8. The number of carbonyl (C=O) groups is 1. The van der Waals surface area contributed by atoms with E-state index in [0.717, 1.165) is 0 Å². The Hall–Kier alpha value is -1.13. The van der Waals surface area contributed by atoms with E-state index in [0.29, 0.717) is 11.4 Å². The fourth-order valence-electron chi connectivity index (χ4n) is 0.920. The van der Waals surface area contributed by atoms with Gasteiger partial charge < -0.3 is 5.32 Å². The third-order valence-electron chi connectivity index (χ3n) is 1.46. The highest BCUT2D eigenvalue weighted by molar-refractivity contribution is 6.40. The minimum Gasteiger partial charge on any atom is -0.324 e. The number of anilines is 1. The topological polar surface area (TPSA) is 65.3 Å². The summed E-state index contributed by atoms with van der Waals surface area (Å²) in [6, 6.07) is 2.90. The first kappa shape index (κ1) is 10.9. The van der Waals surface area contributed by atoms with Gasteiger partial charge in [0.25, 0.3) is 0 Å². The van der Waals surface area contributed by atoms with Crippen molar-refractivity contribution >= 4 is 40.5 Å². The zero-order valence-corrected chi connectivity index (χ0v) is 8.78. The molecule has 6 heteroatoms. The van der Waals surface area contributed by atoms with Gasteiger partial charge in [-0.05, 0) is 12.1 Å². The smallest absolute Gasteiger partial charge is 0.221 e.